The Hall–Kier alpha value is -6.76. The summed E-state index contributed by atoms with van der Waals surface area (Å²) in [4.78, 5) is 0. The van der Waals surface area contributed by atoms with Gasteiger partial charge in [0, 0.05) is 5.92 Å². The van der Waals surface area contributed by atoms with E-state index in [1.54, 1.807) is 0 Å². The Labute approximate surface area is 328 Å². The summed E-state index contributed by atoms with van der Waals surface area (Å²) >= 11 is 0. The van der Waals surface area contributed by atoms with Crippen molar-refractivity contribution < 1.29 is 0 Å². The lowest BCUT2D eigenvalue weighted by molar-refractivity contribution is 0.952. The minimum atomic E-state index is 0.104. The zero-order chi connectivity index (χ0) is 36.7. The summed E-state index contributed by atoms with van der Waals surface area (Å²) in [5.41, 5.74) is 26.3. The van der Waals surface area contributed by atoms with E-state index in [1.807, 2.05) is 0 Å². The molecule has 12 rings (SSSR count). The third-order valence-electron chi connectivity index (χ3n) is 12.9. The van der Waals surface area contributed by atoms with E-state index in [-0.39, 0.29) is 5.92 Å². The van der Waals surface area contributed by atoms with Crippen LogP contribution in [-0.4, -0.2) is 0 Å². The molecular weight excluding hydrogens is 673 g/mol. The second-order valence-electron chi connectivity index (χ2n) is 15.9. The fourth-order valence-corrected chi connectivity index (χ4v) is 10.4. The van der Waals surface area contributed by atoms with Crippen molar-refractivity contribution in [2.75, 3.05) is 0 Å². The van der Waals surface area contributed by atoms with Crippen molar-refractivity contribution in [3.63, 3.8) is 0 Å². The first kappa shape index (κ1) is 31.6. The highest BCUT2D eigenvalue weighted by atomic mass is 14.3. The normalized spacial score (nSPS) is 13.4. The van der Waals surface area contributed by atoms with Gasteiger partial charge in [-0.05, 0) is 142 Å². The highest BCUT2D eigenvalue weighted by Gasteiger charge is 2.31. The molecule has 3 aliphatic rings. The van der Waals surface area contributed by atoms with Crippen LogP contribution in [0.2, 0.25) is 0 Å². The molecule has 0 saturated heterocycles. The minimum Gasteiger partial charge on any atom is -0.0622 e. The topological polar surface area (TPSA) is 0 Å². The largest absolute Gasteiger partial charge is 0.0622 e. The van der Waals surface area contributed by atoms with Gasteiger partial charge < -0.3 is 0 Å². The van der Waals surface area contributed by atoms with Crippen LogP contribution in [-0.2, 0) is 19.3 Å². The molecule has 0 bridgehead atoms. The Kier molecular flexibility index (Phi) is 6.98. The van der Waals surface area contributed by atoms with E-state index in [2.05, 4.69) is 188 Å². The van der Waals surface area contributed by atoms with Crippen LogP contribution in [0, 0.1) is 0 Å². The second-order valence-corrected chi connectivity index (χ2v) is 15.9. The maximum Gasteiger partial charge on any atom is 0.0343 e. The molecule has 0 N–H and O–H groups in total. The van der Waals surface area contributed by atoms with E-state index in [9.17, 15) is 0 Å². The number of benzene rings is 9. The molecule has 262 valence electrons. The van der Waals surface area contributed by atoms with E-state index in [1.165, 1.54) is 116 Å². The molecule has 9 aromatic carbocycles. The van der Waals surface area contributed by atoms with Crippen molar-refractivity contribution in [3.8, 4) is 55.6 Å². The maximum atomic E-state index is 2.55. The number of rotatable bonds is 5. The first-order valence-corrected chi connectivity index (χ1v) is 20.0. The molecule has 0 aromatic heterocycles. The van der Waals surface area contributed by atoms with Crippen LogP contribution < -0.4 is 0 Å². The van der Waals surface area contributed by atoms with Crippen molar-refractivity contribution >= 4 is 10.8 Å². The van der Waals surface area contributed by atoms with Crippen molar-refractivity contribution in [1.29, 1.82) is 0 Å². The van der Waals surface area contributed by atoms with Gasteiger partial charge in [-0.3, -0.25) is 0 Å². The molecule has 0 nitrogen and oxygen atoms in total. The Morgan fingerprint density at radius 3 is 1.70 bits per heavy atom. The number of fused-ring (bicyclic) bond motifs is 10. The summed E-state index contributed by atoms with van der Waals surface area (Å²) < 4.78 is 0. The highest BCUT2D eigenvalue weighted by molar-refractivity contribution is 6.06. The summed E-state index contributed by atoms with van der Waals surface area (Å²) in [6.07, 6.45) is 2.87. The predicted molar refractivity (Wildman–Crippen MR) is 233 cm³/mol. The van der Waals surface area contributed by atoms with E-state index < -0.39 is 0 Å². The predicted octanol–water partition coefficient (Wildman–Crippen LogP) is 14.1. The molecule has 1 unspecified atom stereocenters. The van der Waals surface area contributed by atoms with Crippen molar-refractivity contribution in [3.05, 3.63) is 238 Å². The lowest BCUT2D eigenvalue weighted by Gasteiger charge is -2.23. The second kappa shape index (κ2) is 12.4. The van der Waals surface area contributed by atoms with Crippen molar-refractivity contribution in [2.24, 2.45) is 0 Å². The fourth-order valence-electron chi connectivity index (χ4n) is 10.4. The number of hydrogen-bond donors (Lipinski definition) is 0. The molecule has 0 fully saturated rings. The van der Waals surface area contributed by atoms with Gasteiger partial charge in [-0.1, -0.05) is 182 Å². The van der Waals surface area contributed by atoms with Crippen LogP contribution in [0.1, 0.15) is 56.0 Å². The molecule has 0 aliphatic heterocycles. The Bertz CT molecular complexity index is 3040. The molecule has 0 radical (unpaired) electrons. The lowest BCUT2D eigenvalue weighted by atomic mass is 9.80. The van der Waals surface area contributed by atoms with E-state index in [0.29, 0.717) is 0 Å². The van der Waals surface area contributed by atoms with Gasteiger partial charge >= 0.3 is 0 Å². The highest BCUT2D eigenvalue weighted by Crippen LogP contribution is 2.51. The SMILES string of the molecule is c1ccc(-c2ccc(C(c3ccc4c(c3)Cc3c-4cc4ccccc4c3-c3cccc4c3Cc3ccccc3-4)c3cccc4c3Cc3ccccc3-4)cc2)cc1. The summed E-state index contributed by atoms with van der Waals surface area (Å²) in [7, 11) is 0. The van der Waals surface area contributed by atoms with Crippen LogP contribution in [0.3, 0.4) is 0 Å². The Morgan fingerprint density at radius 1 is 0.321 bits per heavy atom. The molecule has 56 heavy (non-hydrogen) atoms. The average Bonchev–Trinajstić information content (AvgIpc) is 3.95. The van der Waals surface area contributed by atoms with Gasteiger partial charge in [0.2, 0.25) is 0 Å². The lowest BCUT2D eigenvalue weighted by Crippen LogP contribution is -2.07. The zero-order valence-corrected chi connectivity index (χ0v) is 31.1. The monoisotopic (exact) mass is 710 g/mol. The summed E-state index contributed by atoms with van der Waals surface area (Å²) in [6, 6.07) is 70.9. The van der Waals surface area contributed by atoms with Crippen molar-refractivity contribution in [1.82, 2.24) is 0 Å². The minimum absolute atomic E-state index is 0.104. The average molecular weight is 711 g/mol. The van der Waals surface area contributed by atoms with Crippen molar-refractivity contribution in [2.45, 2.75) is 25.2 Å². The van der Waals surface area contributed by atoms with E-state index in [0.717, 1.165) is 19.3 Å². The summed E-state index contributed by atoms with van der Waals surface area (Å²) in [6.45, 7) is 0. The Morgan fingerprint density at radius 2 is 0.893 bits per heavy atom. The van der Waals surface area contributed by atoms with Gasteiger partial charge in [0.25, 0.3) is 0 Å². The molecule has 0 saturated carbocycles. The van der Waals surface area contributed by atoms with Crippen LogP contribution in [0.5, 0.6) is 0 Å². The molecule has 1 atom stereocenters. The molecule has 3 aliphatic carbocycles. The molecular formula is C56H38. The summed E-state index contributed by atoms with van der Waals surface area (Å²) in [5, 5.41) is 2.65. The van der Waals surface area contributed by atoms with E-state index >= 15 is 0 Å². The van der Waals surface area contributed by atoms with Gasteiger partial charge in [-0.25, -0.2) is 0 Å². The standard InChI is InChI=1S/C56H38/c1-2-12-35(13-3-1)36-24-26-37(27-25-36)55(49-22-10-20-47-43-17-7-4-14-38(43)31-52(47)49)41-28-29-45-42(30-41)34-54-51(45)33-40-16-6-9-19-46(40)56(54)50-23-11-21-48-44-18-8-5-15-39(44)32-53(48)50/h1-30,33,55H,31-32,34H2. The van der Waals surface area contributed by atoms with Crippen LogP contribution in [0.15, 0.2) is 188 Å². The van der Waals surface area contributed by atoms with Gasteiger partial charge in [-0.15, -0.1) is 0 Å². The third kappa shape index (κ3) is 4.79. The quantitative estimate of drug-likeness (QED) is 0.156. The zero-order valence-electron chi connectivity index (χ0n) is 31.1. The smallest absolute Gasteiger partial charge is 0.0343 e. The molecule has 0 amide bonds. The van der Waals surface area contributed by atoms with Gasteiger partial charge in [-0.2, -0.15) is 0 Å². The maximum absolute atomic E-state index is 2.55. The Balaban J connectivity index is 1.02. The van der Waals surface area contributed by atoms with Crippen LogP contribution in [0.4, 0.5) is 0 Å². The van der Waals surface area contributed by atoms with Gasteiger partial charge in [0.15, 0.2) is 0 Å². The molecule has 0 heteroatoms. The van der Waals surface area contributed by atoms with E-state index in [4.69, 9.17) is 0 Å². The molecule has 9 aromatic rings. The first-order chi connectivity index (χ1) is 27.8. The molecule has 0 heterocycles. The molecule has 0 spiro atoms. The number of hydrogen-bond acceptors (Lipinski definition) is 0. The van der Waals surface area contributed by atoms with Gasteiger partial charge in [0.05, 0.1) is 0 Å². The van der Waals surface area contributed by atoms with Crippen LogP contribution in [0.25, 0.3) is 66.4 Å². The fraction of sp³-hybridized carbons (Fsp3) is 0.0714. The van der Waals surface area contributed by atoms with Gasteiger partial charge in [0.1, 0.15) is 0 Å². The van der Waals surface area contributed by atoms with Crippen LogP contribution >= 0.6 is 0 Å². The summed E-state index contributed by atoms with van der Waals surface area (Å²) in [5.74, 6) is 0.104. The third-order valence-corrected chi connectivity index (χ3v) is 12.9. The first-order valence-electron chi connectivity index (χ1n) is 20.0.